The van der Waals surface area contributed by atoms with Gasteiger partial charge in [0.05, 0.1) is 5.54 Å². The molecule has 0 radical (unpaired) electrons. The van der Waals surface area contributed by atoms with E-state index < -0.39 is 12.2 Å². The van der Waals surface area contributed by atoms with Crippen LogP contribution in [-0.2, 0) is 0 Å². The summed E-state index contributed by atoms with van der Waals surface area (Å²) >= 11 is 0. The topological polar surface area (TPSA) is 32.3 Å². The summed E-state index contributed by atoms with van der Waals surface area (Å²) in [6, 6.07) is 0. The maximum atomic E-state index is 11.6. The average molecular weight is 105 g/mol. The molecule has 3 heteroatoms. The van der Waals surface area contributed by atoms with Crippen molar-refractivity contribution in [3.05, 3.63) is 0 Å². The first-order chi connectivity index (χ1) is 3.33. The Bertz CT molecular complexity index is 66.1. The van der Waals surface area contributed by atoms with Crippen LogP contribution in [0, 0.1) is 0 Å². The van der Waals surface area contributed by atoms with Crippen LogP contribution < -0.4 is 5.48 Å². The summed E-state index contributed by atoms with van der Waals surface area (Å²) in [6.07, 6.45) is 1.53. The van der Waals surface area contributed by atoms with E-state index in [9.17, 15) is 4.39 Å². The molecule has 0 atom stereocenters. The molecule has 0 aromatic heterocycles. The lowest BCUT2D eigenvalue weighted by molar-refractivity contribution is 0.0999. The lowest BCUT2D eigenvalue weighted by atomic mass is 10.3. The molecular formula is C4H8FNO. The SMILES string of the molecule is ONC1(CF)CC1. The highest BCUT2D eigenvalue weighted by molar-refractivity contribution is 4.98. The van der Waals surface area contributed by atoms with Gasteiger partial charge in [0.15, 0.2) is 0 Å². The van der Waals surface area contributed by atoms with Crippen LogP contribution >= 0.6 is 0 Å². The van der Waals surface area contributed by atoms with Crippen LogP contribution in [0.4, 0.5) is 4.39 Å². The summed E-state index contributed by atoms with van der Waals surface area (Å²) in [5.41, 5.74) is 1.40. The number of hydroxylamine groups is 1. The number of alkyl halides is 1. The van der Waals surface area contributed by atoms with E-state index in [1.807, 2.05) is 5.48 Å². The second-order valence-electron chi connectivity index (χ2n) is 2.03. The van der Waals surface area contributed by atoms with Gasteiger partial charge in [0.2, 0.25) is 0 Å². The zero-order chi connectivity index (χ0) is 5.33. The molecule has 0 heterocycles. The predicted octanol–water partition coefficient (Wildman–Crippen LogP) is 0.467. The third kappa shape index (κ3) is 0.737. The molecule has 0 spiro atoms. The second kappa shape index (κ2) is 1.42. The summed E-state index contributed by atoms with van der Waals surface area (Å²) in [7, 11) is 0. The maximum Gasteiger partial charge on any atom is 0.110 e. The Balaban J connectivity index is 2.28. The van der Waals surface area contributed by atoms with E-state index in [1.165, 1.54) is 0 Å². The van der Waals surface area contributed by atoms with Crippen molar-refractivity contribution in [3.8, 4) is 0 Å². The first-order valence-corrected chi connectivity index (χ1v) is 2.30. The fraction of sp³-hybridized carbons (Fsp3) is 1.00. The Morgan fingerprint density at radius 2 is 2.29 bits per heavy atom. The first-order valence-electron chi connectivity index (χ1n) is 2.30. The summed E-state index contributed by atoms with van der Waals surface area (Å²) in [5.74, 6) is 0. The molecular weight excluding hydrogens is 97.0 g/mol. The zero-order valence-electron chi connectivity index (χ0n) is 3.95. The van der Waals surface area contributed by atoms with E-state index in [-0.39, 0.29) is 0 Å². The fourth-order valence-corrected chi connectivity index (χ4v) is 0.426. The Labute approximate surface area is 41.3 Å². The zero-order valence-corrected chi connectivity index (χ0v) is 3.95. The van der Waals surface area contributed by atoms with Crippen LogP contribution in [0.25, 0.3) is 0 Å². The van der Waals surface area contributed by atoms with Crippen LogP contribution in [0.2, 0.25) is 0 Å². The molecule has 0 saturated heterocycles. The largest absolute Gasteiger partial charge is 0.316 e. The third-order valence-electron chi connectivity index (χ3n) is 1.35. The molecule has 1 aliphatic carbocycles. The lowest BCUT2D eigenvalue weighted by Crippen LogP contribution is -2.29. The number of hydrogen-bond acceptors (Lipinski definition) is 2. The molecule has 0 bridgehead atoms. The Morgan fingerprint density at radius 1 is 1.71 bits per heavy atom. The third-order valence-corrected chi connectivity index (χ3v) is 1.35. The van der Waals surface area contributed by atoms with Gasteiger partial charge < -0.3 is 5.21 Å². The minimum Gasteiger partial charge on any atom is -0.316 e. The molecule has 2 nitrogen and oxygen atoms in total. The van der Waals surface area contributed by atoms with Crippen LogP contribution in [0.5, 0.6) is 0 Å². The molecule has 2 N–H and O–H groups in total. The van der Waals surface area contributed by atoms with E-state index in [1.54, 1.807) is 0 Å². The van der Waals surface area contributed by atoms with Gasteiger partial charge in [-0.15, -0.1) is 0 Å². The van der Waals surface area contributed by atoms with Crippen molar-refractivity contribution in [2.75, 3.05) is 6.67 Å². The van der Waals surface area contributed by atoms with Gasteiger partial charge >= 0.3 is 0 Å². The fourth-order valence-electron chi connectivity index (χ4n) is 0.426. The number of hydrogen-bond donors (Lipinski definition) is 2. The van der Waals surface area contributed by atoms with E-state index in [2.05, 4.69) is 0 Å². The molecule has 0 amide bonds. The summed E-state index contributed by atoms with van der Waals surface area (Å²) < 4.78 is 11.6. The van der Waals surface area contributed by atoms with E-state index >= 15 is 0 Å². The number of nitrogens with one attached hydrogen (secondary N) is 1. The van der Waals surface area contributed by atoms with Crippen molar-refractivity contribution in [1.29, 1.82) is 0 Å². The molecule has 1 saturated carbocycles. The Hall–Kier alpha value is -0.150. The molecule has 0 unspecified atom stereocenters. The highest BCUT2D eigenvalue weighted by atomic mass is 19.1. The molecule has 42 valence electrons. The van der Waals surface area contributed by atoms with Gasteiger partial charge in [-0.25, -0.2) is 4.39 Å². The number of rotatable bonds is 2. The highest BCUT2D eigenvalue weighted by Gasteiger charge is 2.42. The molecule has 1 fully saturated rings. The van der Waals surface area contributed by atoms with Crippen molar-refractivity contribution in [1.82, 2.24) is 5.48 Å². The molecule has 1 rings (SSSR count). The van der Waals surface area contributed by atoms with Gasteiger partial charge in [0.25, 0.3) is 0 Å². The average Bonchev–Trinajstić information content (AvgIpc) is 2.46. The highest BCUT2D eigenvalue weighted by Crippen LogP contribution is 2.34. The van der Waals surface area contributed by atoms with Gasteiger partial charge in [-0.2, -0.15) is 5.48 Å². The Morgan fingerprint density at radius 3 is 2.29 bits per heavy atom. The van der Waals surface area contributed by atoms with Crippen molar-refractivity contribution < 1.29 is 9.60 Å². The second-order valence-corrected chi connectivity index (χ2v) is 2.03. The van der Waals surface area contributed by atoms with Crippen LogP contribution in [0.3, 0.4) is 0 Å². The normalized spacial score (nSPS) is 24.9. The summed E-state index contributed by atoms with van der Waals surface area (Å²) in [6.45, 7) is -0.455. The lowest BCUT2D eigenvalue weighted by Gasteiger charge is -2.03. The summed E-state index contributed by atoms with van der Waals surface area (Å²) in [4.78, 5) is 0. The first kappa shape index (κ1) is 5.00. The van der Waals surface area contributed by atoms with Gasteiger partial charge in [-0.3, -0.25) is 0 Å². The van der Waals surface area contributed by atoms with Crippen LogP contribution in [0.1, 0.15) is 12.8 Å². The Kier molecular flexibility index (Phi) is 1.01. The quantitative estimate of drug-likeness (QED) is 0.500. The minimum atomic E-state index is -0.528. The maximum absolute atomic E-state index is 11.6. The summed E-state index contributed by atoms with van der Waals surface area (Å²) in [5, 5.41) is 8.17. The molecule has 7 heavy (non-hydrogen) atoms. The van der Waals surface area contributed by atoms with E-state index in [0.29, 0.717) is 0 Å². The van der Waals surface area contributed by atoms with Crippen molar-refractivity contribution >= 4 is 0 Å². The van der Waals surface area contributed by atoms with E-state index in [0.717, 1.165) is 12.8 Å². The van der Waals surface area contributed by atoms with Gasteiger partial charge in [0.1, 0.15) is 6.67 Å². The van der Waals surface area contributed by atoms with Crippen molar-refractivity contribution in [2.24, 2.45) is 0 Å². The van der Waals surface area contributed by atoms with E-state index in [4.69, 9.17) is 5.21 Å². The molecule has 1 aliphatic rings. The molecule has 0 aromatic rings. The van der Waals surface area contributed by atoms with Gasteiger partial charge in [-0.1, -0.05) is 0 Å². The molecule has 0 aliphatic heterocycles. The van der Waals surface area contributed by atoms with Gasteiger partial charge in [-0.05, 0) is 12.8 Å². The predicted molar refractivity (Wildman–Crippen MR) is 22.9 cm³/mol. The monoisotopic (exact) mass is 105 g/mol. The van der Waals surface area contributed by atoms with Crippen LogP contribution in [0.15, 0.2) is 0 Å². The van der Waals surface area contributed by atoms with Crippen LogP contribution in [-0.4, -0.2) is 17.4 Å². The van der Waals surface area contributed by atoms with Gasteiger partial charge in [0, 0.05) is 0 Å². The minimum absolute atomic E-state index is 0.455. The van der Waals surface area contributed by atoms with Crippen molar-refractivity contribution in [2.45, 2.75) is 18.4 Å². The smallest absolute Gasteiger partial charge is 0.110 e. The van der Waals surface area contributed by atoms with Crippen molar-refractivity contribution in [3.63, 3.8) is 0 Å². The standard InChI is InChI=1S/C4H8FNO/c5-3-4(6-7)1-2-4/h6-7H,1-3H2. The molecule has 0 aromatic carbocycles. The number of halogens is 1.